The summed E-state index contributed by atoms with van der Waals surface area (Å²) in [5.74, 6) is 0.805. The van der Waals surface area contributed by atoms with E-state index in [1.54, 1.807) is 6.26 Å². The molecule has 0 saturated carbocycles. The molecule has 1 unspecified atom stereocenters. The number of hydrogen-bond donors (Lipinski definition) is 1. The first-order chi connectivity index (χ1) is 6.79. The molecule has 2 nitrogen and oxygen atoms in total. The minimum absolute atomic E-state index is 0.161. The summed E-state index contributed by atoms with van der Waals surface area (Å²) < 4.78 is 5.28. The van der Waals surface area contributed by atoms with Crippen molar-refractivity contribution in [1.82, 2.24) is 0 Å². The molecule has 1 aromatic heterocycles. The van der Waals surface area contributed by atoms with Crippen LogP contribution in [-0.2, 0) is 0 Å². The van der Waals surface area contributed by atoms with Gasteiger partial charge in [0.25, 0.3) is 0 Å². The van der Waals surface area contributed by atoms with Crippen molar-refractivity contribution in [2.24, 2.45) is 5.73 Å². The molecule has 0 aliphatic carbocycles. The summed E-state index contributed by atoms with van der Waals surface area (Å²) >= 11 is 0. The average molecular weight is 187 g/mol. The van der Waals surface area contributed by atoms with Crippen molar-refractivity contribution in [2.45, 2.75) is 13.0 Å². The van der Waals surface area contributed by atoms with Crippen molar-refractivity contribution in [3.05, 3.63) is 59.5 Å². The zero-order valence-corrected chi connectivity index (χ0v) is 8.10. The molecule has 2 aromatic rings. The third-order valence-electron chi connectivity index (χ3n) is 2.37. The van der Waals surface area contributed by atoms with E-state index < -0.39 is 0 Å². The summed E-state index contributed by atoms with van der Waals surface area (Å²) in [5.41, 5.74) is 8.37. The molecule has 1 heterocycles. The van der Waals surface area contributed by atoms with Crippen LogP contribution >= 0.6 is 0 Å². The summed E-state index contributed by atoms with van der Waals surface area (Å²) in [6.07, 6.45) is 1.65. The molecular formula is C12H13NO. The second-order valence-electron chi connectivity index (χ2n) is 3.35. The second kappa shape index (κ2) is 3.68. The molecule has 0 aliphatic heterocycles. The van der Waals surface area contributed by atoms with Crippen LogP contribution in [0.3, 0.4) is 0 Å². The van der Waals surface area contributed by atoms with Crippen molar-refractivity contribution < 1.29 is 4.42 Å². The van der Waals surface area contributed by atoms with Gasteiger partial charge in [-0.05, 0) is 30.2 Å². The summed E-state index contributed by atoms with van der Waals surface area (Å²) in [5, 5.41) is 0. The first-order valence-corrected chi connectivity index (χ1v) is 4.63. The lowest BCUT2D eigenvalue weighted by atomic mass is 10.0. The first kappa shape index (κ1) is 9.03. The van der Waals surface area contributed by atoms with Gasteiger partial charge in [0.05, 0.1) is 12.3 Å². The molecule has 2 N–H and O–H groups in total. The minimum Gasteiger partial charge on any atom is -0.467 e. The van der Waals surface area contributed by atoms with Crippen molar-refractivity contribution in [2.75, 3.05) is 0 Å². The van der Waals surface area contributed by atoms with Gasteiger partial charge in [0.1, 0.15) is 5.76 Å². The maximum absolute atomic E-state index is 6.07. The highest BCUT2D eigenvalue weighted by Gasteiger charge is 2.12. The van der Waals surface area contributed by atoms with Gasteiger partial charge in [-0.3, -0.25) is 0 Å². The van der Waals surface area contributed by atoms with Gasteiger partial charge < -0.3 is 10.2 Å². The second-order valence-corrected chi connectivity index (χ2v) is 3.35. The lowest BCUT2D eigenvalue weighted by Gasteiger charge is -2.11. The molecular weight excluding hydrogens is 174 g/mol. The highest BCUT2D eigenvalue weighted by molar-refractivity contribution is 5.32. The van der Waals surface area contributed by atoms with E-state index in [1.807, 2.05) is 30.3 Å². The molecule has 0 bridgehead atoms. The summed E-state index contributed by atoms with van der Waals surface area (Å²) in [4.78, 5) is 0. The van der Waals surface area contributed by atoms with Gasteiger partial charge in [-0.15, -0.1) is 0 Å². The van der Waals surface area contributed by atoms with E-state index in [1.165, 1.54) is 5.56 Å². The van der Waals surface area contributed by atoms with Crippen molar-refractivity contribution in [3.63, 3.8) is 0 Å². The molecule has 0 fully saturated rings. The molecule has 0 radical (unpaired) electrons. The van der Waals surface area contributed by atoms with E-state index in [2.05, 4.69) is 13.0 Å². The Balaban J connectivity index is 2.37. The molecule has 2 rings (SSSR count). The average Bonchev–Trinajstić information content (AvgIpc) is 2.70. The molecule has 0 spiro atoms. The fourth-order valence-electron chi connectivity index (χ4n) is 1.56. The predicted molar refractivity (Wildman–Crippen MR) is 55.9 cm³/mol. The Morgan fingerprint density at radius 1 is 1.14 bits per heavy atom. The van der Waals surface area contributed by atoms with Crippen LogP contribution in [-0.4, -0.2) is 0 Å². The highest BCUT2D eigenvalue weighted by atomic mass is 16.3. The molecule has 2 heteroatoms. The zero-order chi connectivity index (χ0) is 9.97. The number of rotatable bonds is 2. The van der Waals surface area contributed by atoms with Gasteiger partial charge in [-0.25, -0.2) is 0 Å². The van der Waals surface area contributed by atoms with Crippen LogP contribution in [0, 0.1) is 6.92 Å². The van der Waals surface area contributed by atoms with Crippen LogP contribution in [0.5, 0.6) is 0 Å². The summed E-state index contributed by atoms with van der Waals surface area (Å²) in [7, 11) is 0. The Hall–Kier alpha value is -1.54. The maximum Gasteiger partial charge on any atom is 0.125 e. The normalized spacial score (nSPS) is 12.7. The third-order valence-corrected chi connectivity index (χ3v) is 2.37. The van der Waals surface area contributed by atoms with Gasteiger partial charge in [-0.1, -0.05) is 24.3 Å². The van der Waals surface area contributed by atoms with E-state index in [4.69, 9.17) is 10.2 Å². The fraction of sp³-hybridized carbons (Fsp3) is 0.167. The van der Waals surface area contributed by atoms with Crippen LogP contribution in [0.15, 0.2) is 47.1 Å². The quantitative estimate of drug-likeness (QED) is 0.785. The van der Waals surface area contributed by atoms with Gasteiger partial charge in [0.2, 0.25) is 0 Å². The van der Waals surface area contributed by atoms with Gasteiger partial charge in [0, 0.05) is 0 Å². The number of nitrogens with two attached hydrogens (primary N) is 1. The van der Waals surface area contributed by atoms with Gasteiger partial charge in [0.15, 0.2) is 0 Å². The number of furan rings is 1. The van der Waals surface area contributed by atoms with Crippen LogP contribution in [0.2, 0.25) is 0 Å². The minimum atomic E-state index is -0.161. The maximum atomic E-state index is 6.07. The van der Waals surface area contributed by atoms with Crippen LogP contribution in [0.1, 0.15) is 22.9 Å². The SMILES string of the molecule is Cc1ccccc1C(N)c1ccco1. The summed E-state index contributed by atoms with van der Waals surface area (Å²) in [6.45, 7) is 2.05. The van der Waals surface area contributed by atoms with E-state index in [0.717, 1.165) is 11.3 Å². The molecule has 14 heavy (non-hydrogen) atoms. The molecule has 72 valence electrons. The smallest absolute Gasteiger partial charge is 0.125 e. The van der Waals surface area contributed by atoms with E-state index in [9.17, 15) is 0 Å². The molecule has 0 aliphatic rings. The molecule has 1 aromatic carbocycles. The topological polar surface area (TPSA) is 39.2 Å². The highest BCUT2D eigenvalue weighted by Crippen LogP contribution is 2.22. The Morgan fingerprint density at radius 3 is 2.57 bits per heavy atom. The first-order valence-electron chi connectivity index (χ1n) is 4.63. The largest absolute Gasteiger partial charge is 0.467 e. The van der Waals surface area contributed by atoms with E-state index >= 15 is 0 Å². The molecule has 0 amide bonds. The Labute approximate surface area is 83.4 Å². The van der Waals surface area contributed by atoms with Crippen LogP contribution in [0.25, 0.3) is 0 Å². The molecule has 1 atom stereocenters. The number of hydrogen-bond acceptors (Lipinski definition) is 2. The van der Waals surface area contributed by atoms with Gasteiger partial charge >= 0.3 is 0 Å². The van der Waals surface area contributed by atoms with E-state index in [0.29, 0.717) is 0 Å². The van der Waals surface area contributed by atoms with E-state index in [-0.39, 0.29) is 6.04 Å². The zero-order valence-electron chi connectivity index (χ0n) is 8.10. The Bertz CT molecular complexity index is 406. The predicted octanol–water partition coefficient (Wildman–Crippen LogP) is 2.64. The summed E-state index contributed by atoms with van der Waals surface area (Å²) in [6, 6.07) is 11.7. The Kier molecular flexibility index (Phi) is 2.37. The lowest BCUT2D eigenvalue weighted by Crippen LogP contribution is -2.12. The van der Waals surface area contributed by atoms with Crippen molar-refractivity contribution in [1.29, 1.82) is 0 Å². The van der Waals surface area contributed by atoms with Crippen molar-refractivity contribution in [3.8, 4) is 0 Å². The standard InChI is InChI=1S/C12H13NO/c1-9-5-2-3-6-10(9)12(13)11-7-4-8-14-11/h2-8,12H,13H2,1H3. The van der Waals surface area contributed by atoms with Crippen LogP contribution in [0.4, 0.5) is 0 Å². The Morgan fingerprint density at radius 2 is 1.93 bits per heavy atom. The third kappa shape index (κ3) is 1.56. The monoisotopic (exact) mass is 187 g/mol. The molecule has 0 saturated heterocycles. The number of aryl methyl sites for hydroxylation is 1. The lowest BCUT2D eigenvalue weighted by molar-refractivity contribution is 0.489. The van der Waals surface area contributed by atoms with Gasteiger partial charge in [-0.2, -0.15) is 0 Å². The fourth-order valence-corrected chi connectivity index (χ4v) is 1.56. The number of benzene rings is 1. The van der Waals surface area contributed by atoms with Crippen LogP contribution < -0.4 is 5.73 Å². The van der Waals surface area contributed by atoms with Crippen molar-refractivity contribution >= 4 is 0 Å².